The zero-order chi connectivity index (χ0) is 13.9. The maximum absolute atomic E-state index is 12.6. The molecule has 0 fully saturated rings. The van der Waals surface area contributed by atoms with E-state index < -0.39 is 0 Å². The van der Waals surface area contributed by atoms with Crippen LogP contribution in [0.2, 0.25) is 0 Å². The Kier molecular flexibility index (Phi) is 3.83. The lowest BCUT2D eigenvalue weighted by Gasteiger charge is -2.10. The molecule has 0 amide bonds. The van der Waals surface area contributed by atoms with Gasteiger partial charge >= 0.3 is 0 Å². The zero-order valence-electron chi connectivity index (χ0n) is 11.1. The SMILES string of the molecule is O=C(CCCBr)c1c2ccccc2cc2ccccc12. The molecule has 0 atom stereocenters. The first kappa shape index (κ1) is 13.3. The summed E-state index contributed by atoms with van der Waals surface area (Å²) in [5, 5.41) is 5.25. The molecular formula is C18H15BrO. The number of halogens is 1. The quantitative estimate of drug-likeness (QED) is 0.359. The number of fused-ring (bicyclic) bond motifs is 2. The second-order valence-corrected chi connectivity index (χ2v) is 5.70. The monoisotopic (exact) mass is 326 g/mol. The Hall–Kier alpha value is -1.67. The molecule has 0 N–H and O–H groups in total. The van der Waals surface area contributed by atoms with Crippen molar-refractivity contribution in [2.24, 2.45) is 0 Å². The Labute approximate surface area is 126 Å². The van der Waals surface area contributed by atoms with Crippen LogP contribution < -0.4 is 0 Å². The Bertz CT molecular complexity index is 723. The molecule has 0 radical (unpaired) electrons. The van der Waals surface area contributed by atoms with Gasteiger partial charge in [0.15, 0.2) is 5.78 Å². The van der Waals surface area contributed by atoms with Crippen LogP contribution in [0.15, 0.2) is 54.6 Å². The van der Waals surface area contributed by atoms with Gasteiger partial charge in [-0.25, -0.2) is 0 Å². The first-order valence-electron chi connectivity index (χ1n) is 6.81. The lowest BCUT2D eigenvalue weighted by atomic mass is 9.93. The van der Waals surface area contributed by atoms with Gasteiger partial charge < -0.3 is 0 Å². The zero-order valence-corrected chi connectivity index (χ0v) is 12.7. The standard InChI is InChI=1S/C18H15BrO/c19-11-5-10-17(20)18-15-8-3-1-6-13(15)12-14-7-2-4-9-16(14)18/h1-4,6-9,12H,5,10-11H2. The van der Waals surface area contributed by atoms with Crippen molar-refractivity contribution in [3.8, 4) is 0 Å². The minimum absolute atomic E-state index is 0.234. The number of hydrogen-bond acceptors (Lipinski definition) is 1. The summed E-state index contributed by atoms with van der Waals surface area (Å²) in [7, 11) is 0. The van der Waals surface area contributed by atoms with Crippen LogP contribution in [0.5, 0.6) is 0 Å². The summed E-state index contributed by atoms with van der Waals surface area (Å²) in [6.45, 7) is 0. The van der Waals surface area contributed by atoms with Crippen molar-refractivity contribution in [2.45, 2.75) is 12.8 Å². The van der Waals surface area contributed by atoms with E-state index in [0.717, 1.165) is 38.9 Å². The van der Waals surface area contributed by atoms with Crippen molar-refractivity contribution >= 4 is 43.3 Å². The highest BCUT2D eigenvalue weighted by Gasteiger charge is 2.14. The van der Waals surface area contributed by atoms with Crippen molar-refractivity contribution in [1.29, 1.82) is 0 Å². The van der Waals surface area contributed by atoms with Gasteiger partial charge in [-0.3, -0.25) is 4.79 Å². The lowest BCUT2D eigenvalue weighted by Crippen LogP contribution is -2.02. The molecule has 0 unspecified atom stereocenters. The molecule has 0 aromatic heterocycles. The van der Waals surface area contributed by atoms with Crippen LogP contribution in [0.25, 0.3) is 21.5 Å². The minimum atomic E-state index is 0.234. The third kappa shape index (κ3) is 2.36. The fraction of sp³-hybridized carbons (Fsp3) is 0.167. The Morgan fingerprint density at radius 3 is 2.00 bits per heavy atom. The first-order chi connectivity index (χ1) is 9.81. The van der Waals surface area contributed by atoms with Crippen molar-refractivity contribution in [2.75, 3.05) is 5.33 Å². The molecule has 2 heteroatoms. The number of Topliss-reactive ketones (excluding diaryl/α,β-unsaturated/α-hetero) is 1. The first-order valence-corrected chi connectivity index (χ1v) is 7.93. The predicted molar refractivity (Wildman–Crippen MR) is 88.8 cm³/mol. The van der Waals surface area contributed by atoms with Gasteiger partial charge in [-0.2, -0.15) is 0 Å². The number of rotatable bonds is 4. The molecule has 100 valence electrons. The largest absolute Gasteiger partial charge is 0.294 e. The van der Waals surface area contributed by atoms with E-state index in [9.17, 15) is 4.79 Å². The normalized spacial score (nSPS) is 11.1. The highest BCUT2D eigenvalue weighted by Crippen LogP contribution is 2.29. The number of benzene rings is 3. The summed E-state index contributed by atoms with van der Waals surface area (Å²) in [5.41, 5.74) is 0.875. The third-order valence-electron chi connectivity index (χ3n) is 3.59. The van der Waals surface area contributed by atoms with Crippen molar-refractivity contribution in [1.82, 2.24) is 0 Å². The Morgan fingerprint density at radius 2 is 1.45 bits per heavy atom. The van der Waals surface area contributed by atoms with E-state index in [4.69, 9.17) is 0 Å². The molecule has 3 aromatic carbocycles. The summed E-state index contributed by atoms with van der Waals surface area (Å²) < 4.78 is 0. The summed E-state index contributed by atoms with van der Waals surface area (Å²) in [6.07, 6.45) is 1.46. The fourth-order valence-electron chi connectivity index (χ4n) is 2.67. The van der Waals surface area contributed by atoms with Crippen LogP contribution in [0.1, 0.15) is 23.2 Å². The minimum Gasteiger partial charge on any atom is -0.294 e. The number of carbonyl (C=O) groups excluding carboxylic acids is 1. The average molecular weight is 327 g/mol. The van der Waals surface area contributed by atoms with Gasteiger partial charge in [-0.1, -0.05) is 64.5 Å². The number of alkyl halides is 1. The summed E-state index contributed by atoms with van der Waals surface area (Å²) in [5.74, 6) is 0.234. The van der Waals surface area contributed by atoms with Crippen LogP contribution in [-0.2, 0) is 0 Å². The van der Waals surface area contributed by atoms with E-state index in [0.29, 0.717) is 6.42 Å². The van der Waals surface area contributed by atoms with Crippen molar-refractivity contribution in [3.05, 3.63) is 60.2 Å². The molecular weight excluding hydrogens is 312 g/mol. The summed E-state index contributed by atoms with van der Waals surface area (Å²) in [4.78, 5) is 12.6. The lowest BCUT2D eigenvalue weighted by molar-refractivity contribution is 0.0985. The van der Waals surface area contributed by atoms with Crippen LogP contribution in [-0.4, -0.2) is 11.1 Å². The Balaban J connectivity index is 2.30. The summed E-state index contributed by atoms with van der Waals surface area (Å²) in [6, 6.07) is 18.4. The maximum atomic E-state index is 12.6. The molecule has 0 aliphatic carbocycles. The van der Waals surface area contributed by atoms with E-state index in [1.165, 1.54) is 0 Å². The van der Waals surface area contributed by atoms with Crippen molar-refractivity contribution in [3.63, 3.8) is 0 Å². The second-order valence-electron chi connectivity index (χ2n) is 4.91. The van der Waals surface area contributed by atoms with Gasteiger partial charge in [-0.15, -0.1) is 0 Å². The van der Waals surface area contributed by atoms with E-state index >= 15 is 0 Å². The Morgan fingerprint density at radius 1 is 0.900 bits per heavy atom. The highest BCUT2D eigenvalue weighted by atomic mass is 79.9. The number of hydrogen-bond donors (Lipinski definition) is 0. The van der Waals surface area contributed by atoms with Gasteiger partial charge in [0, 0.05) is 17.3 Å². The fourth-order valence-corrected chi connectivity index (χ4v) is 2.95. The molecule has 3 rings (SSSR count). The highest BCUT2D eigenvalue weighted by molar-refractivity contribution is 9.09. The molecule has 1 nitrogen and oxygen atoms in total. The van der Waals surface area contributed by atoms with E-state index in [-0.39, 0.29) is 5.78 Å². The maximum Gasteiger partial charge on any atom is 0.164 e. The smallest absolute Gasteiger partial charge is 0.164 e. The van der Waals surface area contributed by atoms with Gasteiger partial charge in [0.2, 0.25) is 0 Å². The van der Waals surface area contributed by atoms with Gasteiger partial charge in [0.25, 0.3) is 0 Å². The summed E-state index contributed by atoms with van der Waals surface area (Å²) >= 11 is 3.40. The number of ketones is 1. The molecule has 3 aromatic rings. The van der Waals surface area contributed by atoms with Gasteiger partial charge in [-0.05, 0) is 34.0 Å². The van der Waals surface area contributed by atoms with E-state index in [1.807, 2.05) is 36.4 Å². The van der Waals surface area contributed by atoms with E-state index in [2.05, 4.69) is 34.1 Å². The van der Waals surface area contributed by atoms with Gasteiger partial charge in [0.1, 0.15) is 0 Å². The number of carbonyl (C=O) groups is 1. The van der Waals surface area contributed by atoms with Crippen LogP contribution in [0.3, 0.4) is 0 Å². The molecule has 0 heterocycles. The molecule has 0 bridgehead atoms. The molecule has 0 spiro atoms. The third-order valence-corrected chi connectivity index (χ3v) is 4.15. The van der Waals surface area contributed by atoms with Crippen LogP contribution in [0, 0.1) is 0 Å². The average Bonchev–Trinajstić information content (AvgIpc) is 2.50. The molecule has 20 heavy (non-hydrogen) atoms. The van der Waals surface area contributed by atoms with Gasteiger partial charge in [0.05, 0.1) is 0 Å². The topological polar surface area (TPSA) is 17.1 Å². The molecule has 0 saturated heterocycles. The predicted octanol–water partition coefficient (Wildman–Crippen LogP) is 5.35. The van der Waals surface area contributed by atoms with E-state index in [1.54, 1.807) is 0 Å². The van der Waals surface area contributed by atoms with Crippen LogP contribution >= 0.6 is 15.9 Å². The molecule has 0 saturated carbocycles. The molecule has 0 aliphatic heterocycles. The van der Waals surface area contributed by atoms with Crippen molar-refractivity contribution < 1.29 is 4.79 Å². The van der Waals surface area contributed by atoms with Crippen LogP contribution in [0.4, 0.5) is 0 Å². The molecule has 0 aliphatic rings. The second kappa shape index (κ2) is 5.76.